The molecule has 0 aromatic carbocycles. The highest BCUT2D eigenvalue weighted by Crippen LogP contribution is 2.27. The molecule has 92 valence electrons. The third-order valence-corrected chi connectivity index (χ3v) is 3.65. The number of amides is 1. The van der Waals surface area contributed by atoms with Crippen molar-refractivity contribution in [2.45, 2.75) is 24.6 Å². The molecule has 1 unspecified atom stereocenters. The number of carbonyl (C=O) groups is 2. The van der Waals surface area contributed by atoms with Gasteiger partial charge >= 0.3 is 5.97 Å². The van der Waals surface area contributed by atoms with E-state index in [0.29, 0.717) is 30.2 Å². The number of aliphatic carboxylic acids is 1. The number of thiazole rings is 1. The minimum absolute atomic E-state index is 0.0239. The molecule has 1 aliphatic rings. The van der Waals surface area contributed by atoms with E-state index in [1.165, 1.54) is 11.3 Å². The molecule has 1 atom stereocenters. The normalized spacial score (nSPS) is 19.9. The SMILES string of the molecule is O=C(O)CCc1csc(N2CC(Cl)CC2=O)n1. The molecule has 0 aliphatic carbocycles. The van der Waals surface area contributed by atoms with Crippen LogP contribution in [0.2, 0.25) is 0 Å². The van der Waals surface area contributed by atoms with Crippen molar-refractivity contribution in [2.24, 2.45) is 0 Å². The Bertz CT molecular complexity index is 449. The van der Waals surface area contributed by atoms with Crippen LogP contribution in [0.15, 0.2) is 5.38 Å². The minimum Gasteiger partial charge on any atom is -0.481 e. The third kappa shape index (κ3) is 2.95. The molecule has 7 heteroatoms. The lowest BCUT2D eigenvalue weighted by Gasteiger charge is -2.10. The van der Waals surface area contributed by atoms with Gasteiger partial charge in [-0.3, -0.25) is 14.5 Å². The molecular weight excluding hydrogens is 264 g/mol. The van der Waals surface area contributed by atoms with Crippen LogP contribution in [0, 0.1) is 0 Å². The molecule has 1 saturated heterocycles. The van der Waals surface area contributed by atoms with E-state index in [2.05, 4.69) is 4.98 Å². The van der Waals surface area contributed by atoms with E-state index in [0.717, 1.165) is 0 Å². The predicted molar refractivity (Wildman–Crippen MR) is 64.7 cm³/mol. The molecule has 0 saturated carbocycles. The molecule has 0 radical (unpaired) electrons. The number of hydrogen-bond donors (Lipinski definition) is 1. The molecule has 1 aromatic rings. The number of halogens is 1. The summed E-state index contributed by atoms with van der Waals surface area (Å²) >= 11 is 7.24. The topological polar surface area (TPSA) is 70.5 Å². The minimum atomic E-state index is -0.849. The molecule has 0 bridgehead atoms. The van der Waals surface area contributed by atoms with Crippen LogP contribution in [0.4, 0.5) is 5.13 Å². The summed E-state index contributed by atoms with van der Waals surface area (Å²) in [5.74, 6) is -0.873. The number of carboxylic acids is 1. The fourth-order valence-corrected chi connectivity index (χ4v) is 2.77. The summed E-state index contributed by atoms with van der Waals surface area (Å²) in [6.45, 7) is 0.478. The van der Waals surface area contributed by atoms with Crippen molar-refractivity contribution in [3.8, 4) is 0 Å². The van der Waals surface area contributed by atoms with Gasteiger partial charge in [-0.25, -0.2) is 4.98 Å². The molecule has 2 heterocycles. The van der Waals surface area contributed by atoms with E-state index >= 15 is 0 Å². The molecule has 1 amide bonds. The highest BCUT2D eigenvalue weighted by Gasteiger charge is 2.30. The Morgan fingerprint density at radius 2 is 2.47 bits per heavy atom. The zero-order valence-corrected chi connectivity index (χ0v) is 10.5. The first-order chi connectivity index (χ1) is 8.06. The van der Waals surface area contributed by atoms with E-state index in [-0.39, 0.29) is 17.7 Å². The van der Waals surface area contributed by atoms with Crippen LogP contribution in [0.25, 0.3) is 0 Å². The van der Waals surface area contributed by atoms with Gasteiger partial charge in [-0.15, -0.1) is 22.9 Å². The van der Waals surface area contributed by atoms with Crippen molar-refractivity contribution in [1.82, 2.24) is 4.98 Å². The Hall–Kier alpha value is -1.14. The second kappa shape index (κ2) is 5.01. The summed E-state index contributed by atoms with van der Waals surface area (Å²) in [7, 11) is 0. The second-order valence-electron chi connectivity index (χ2n) is 3.82. The lowest BCUT2D eigenvalue weighted by molar-refractivity contribution is -0.137. The van der Waals surface area contributed by atoms with Gasteiger partial charge in [0.15, 0.2) is 5.13 Å². The van der Waals surface area contributed by atoms with Gasteiger partial charge in [0.05, 0.1) is 17.5 Å². The molecule has 1 N–H and O–H groups in total. The maximum absolute atomic E-state index is 11.6. The maximum Gasteiger partial charge on any atom is 0.303 e. The quantitative estimate of drug-likeness (QED) is 0.845. The van der Waals surface area contributed by atoms with E-state index in [9.17, 15) is 9.59 Å². The summed E-state index contributed by atoms with van der Waals surface area (Å²) in [4.78, 5) is 27.8. The van der Waals surface area contributed by atoms with Crippen molar-refractivity contribution < 1.29 is 14.7 Å². The number of carbonyl (C=O) groups excluding carboxylic acids is 1. The fraction of sp³-hybridized carbons (Fsp3) is 0.500. The van der Waals surface area contributed by atoms with Gasteiger partial charge in [0, 0.05) is 24.8 Å². The highest BCUT2D eigenvalue weighted by atomic mass is 35.5. The molecule has 17 heavy (non-hydrogen) atoms. The van der Waals surface area contributed by atoms with Gasteiger partial charge < -0.3 is 5.11 Å². The van der Waals surface area contributed by atoms with Gasteiger partial charge in [-0.1, -0.05) is 0 Å². The number of carboxylic acid groups (broad SMARTS) is 1. The van der Waals surface area contributed by atoms with Gasteiger partial charge in [0.2, 0.25) is 5.91 Å². The van der Waals surface area contributed by atoms with Gasteiger partial charge in [0.25, 0.3) is 0 Å². The number of alkyl halides is 1. The largest absolute Gasteiger partial charge is 0.481 e. The highest BCUT2D eigenvalue weighted by molar-refractivity contribution is 7.14. The maximum atomic E-state index is 11.6. The summed E-state index contributed by atoms with van der Waals surface area (Å²) < 4.78 is 0. The molecule has 0 spiro atoms. The molecule has 1 fully saturated rings. The Morgan fingerprint density at radius 1 is 1.71 bits per heavy atom. The van der Waals surface area contributed by atoms with E-state index < -0.39 is 5.97 Å². The number of nitrogens with zero attached hydrogens (tertiary/aromatic N) is 2. The van der Waals surface area contributed by atoms with Crippen LogP contribution in [-0.4, -0.2) is 33.9 Å². The molecule has 1 aliphatic heterocycles. The van der Waals surface area contributed by atoms with Gasteiger partial charge in [-0.2, -0.15) is 0 Å². The Morgan fingerprint density at radius 3 is 3.06 bits per heavy atom. The first kappa shape index (κ1) is 12.3. The van der Waals surface area contributed by atoms with E-state index in [1.54, 1.807) is 10.3 Å². The van der Waals surface area contributed by atoms with Crippen LogP contribution < -0.4 is 4.90 Å². The number of anilines is 1. The first-order valence-corrected chi connectivity index (χ1v) is 6.48. The monoisotopic (exact) mass is 274 g/mol. The van der Waals surface area contributed by atoms with Gasteiger partial charge in [-0.05, 0) is 0 Å². The summed E-state index contributed by atoms with van der Waals surface area (Å²) in [5, 5.41) is 10.8. The Kier molecular flexibility index (Phi) is 3.63. The van der Waals surface area contributed by atoms with Crippen molar-refractivity contribution >= 4 is 39.9 Å². The van der Waals surface area contributed by atoms with Crippen molar-refractivity contribution in [1.29, 1.82) is 0 Å². The second-order valence-corrected chi connectivity index (χ2v) is 5.27. The average Bonchev–Trinajstić information content (AvgIpc) is 2.82. The summed E-state index contributed by atoms with van der Waals surface area (Å²) in [5.41, 5.74) is 0.707. The number of aromatic nitrogens is 1. The van der Waals surface area contributed by atoms with Gasteiger partial charge in [0.1, 0.15) is 0 Å². The summed E-state index contributed by atoms with van der Waals surface area (Å²) in [6.07, 6.45) is 0.777. The van der Waals surface area contributed by atoms with Crippen molar-refractivity contribution in [3.05, 3.63) is 11.1 Å². The zero-order valence-electron chi connectivity index (χ0n) is 8.93. The third-order valence-electron chi connectivity index (χ3n) is 2.44. The Balaban J connectivity index is 2.03. The zero-order chi connectivity index (χ0) is 12.4. The standard InChI is InChI=1S/C10H11ClN2O3S/c11-6-3-8(14)13(4-6)10-12-7(5-17-10)1-2-9(15)16/h5-6H,1-4H2,(H,15,16). The lowest BCUT2D eigenvalue weighted by atomic mass is 10.2. The smallest absolute Gasteiger partial charge is 0.303 e. The molecule has 2 rings (SSSR count). The van der Waals surface area contributed by atoms with Crippen molar-refractivity contribution in [3.63, 3.8) is 0 Å². The van der Waals surface area contributed by atoms with E-state index in [4.69, 9.17) is 16.7 Å². The number of aryl methyl sites for hydroxylation is 1. The van der Waals surface area contributed by atoms with Crippen LogP contribution in [0.1, 0.15) is 18.5 Å². The van der Waals surface area contributed by atoms with E-state index in [1.807, 2.05) is 0 Å². The first-order valence-electron chi connectivity index (χ1n) is 5.17. The molecule has 5 nitrogen and oxygen atoms in total. The number of rotatable bonds is 4. The predicted octanol–water partition coefficient (Wildman–Crippen LogP) is 1.50. The average molecular weight is 275 g/mol. The Labute approximate surface area is 107 Å². The fourth-order valence-electron chi connectivity index (χ4n) is 1.62. The lowest BCUT2D eigenvalue weighted by Crippen LogP contribution is -2.24. The van der Waals surface area contributed by atoms with Crippen LogP contribution in [0.3, 0.4) is 0 Å². The van der Waals surface area contributed by atoms with Crippen LogP contribution in [-0.2, 0) is 16.0 Å². The number of hydrogen-bond acceptors (Lipinski definition) is 4. The van der Waals surface area contributed by atoms with Crippen molar-refractivity contribution in [2.75, 3.05) is 11.4 Å². The van der Waals surface area contributed by atoms with Crippen LogP contribution in [0.5, 0.6) is 0 Å². The van der Waals surface area contributed by atoms with Crippen LogP contribution >= 0.6 is 22.9 Å². The molecular formula is C10H11ClN2O3S. The molecule has 1 aromatic heterocycles. The summed E-state index contributed by atoms with van der Waals surface area (Å²) in [6, 6.07) is 0.